The number of aliphatic hydroxyl groups is 1. The lowest BCUT2D eigenvalue weighted by atomic mass is 9.97. The van der Waals surface area contributed by atoms with Crippen molar-refractivity contribution in [2.24, 2.45) is 0 Å². The van der Waals surface area contributed by atoms with Gasteiger partial charge >= 0.3 is 6.18 Å². The summed E-state index contributed by atoms with van der Waals surface area (Å²) in [6.07, 6.45) is -1.50. The number of rotatable bonds is 5. The van der Waals surface area contributed by atoms with E-state index in [-0.39, 0.29) is 36.9 Å². The molecular formula is C26H29F3N5O3P. The minimum Gasteiger partial charge on any atom is -0.380 e. The average Bonchev–Trinajstić information content (AvgIpc) is 3.61. The third-order valence-electron chi connectivity index (χ3n) is 7.47. The second-order valence-electron chi connectivity index (χ2n) is 10.2. The van der Waals surface area contributed by atoms with Gasteiger partial charge in [-0.15, -0.1) is 0 Å². The molecule has 3 aromatic rings. The maximum Gasteiger partial charge on any atom is 0.416 e. The fourth-order valence-electron chi connectivity index (χ4n) is 5.03. The van der Waals surface area contributed by atoms with Crippen LogP contribution in [0.5, 0.6) is 0 Å². The smallest absolute Gasteiger partial charge is 0.380 e. The summed E-state index contributed by atoms with van der Waals surface area (Å²) in [6.45, 7) is 5.48. The minimum atomic E-state index is -4.46. The number of fused-ring (bicyclic) bond motifs is 1. The molecule has 2 aromatic heterocycles. The van der Waals surface area contributed by atoms with Gasteiger partial charge in [-0.3, -0.25) is 9.78 Å². The molecule has 202 valence electrons. The minimum absolute atomic E-state index is 0.138. The number of aromatic nitrogens is 3. The molecule has 1 amide bonds. The second kappa shape index (κ2) is 9.31. The summed E-state index contributed by atoms with van der Waals surface area (Å²) >= 11 is 0. The predicted octanol–water partition coefficient (Wildman–Crippen LogP) is 4.19. The van der Waals surface area contributed by atoms with Crippen molar-refractivity contribution >= 4 is 35.2 Å². The standard InChI is InChI=1S/C26H29F3N5O3P/c1-15-18(5-4-6-20(15)26(27,28)29)16(2)31-23-19-13-22(30-14-21(19)32-17(3)33-23)38(37)11-9-34(10-12-38)24(35)25(36)7-8-25/h4-6,13-14,16,36H,7-12H2,1-3H3,(H,31,32,33)/t16-/m1/s1. The van der Waals surface area contributed by atoms with Gasteiger partial charge in [0.2, 0.25) is 0 Å². The van der Waals surface area contributed by atoms with Crippen molar-refractivity contribution < 1.29 is 27.6 Å². The highest BCUT2D eigenvalue weighted by Crippen LogP contribution is 2.47. The normalized spacial score (nSPS) is 19.3. The summed E-state index contributed by atoms with van der Waals surface area (Å²) in [4.78, 5) is 27.4. The molecule has 0 unspecified atom stereocenters. The summed E-state index contributed by atoms with van der Waals surface area (Å²) in [7, 11) is -2.93. The van der Waals surface area contributed by atoms with Crippen molar-refractivity contribution in [2.45, 2.75) is 51.4 Å². The van der Waals surface area contributed by atoms with Gasteiger partial charge in [-0.1, -0.05) is 12.1 Å². The molecule has 2 N–H and O–H groups in total. The monoisotopic (exact) mass is 547 g/mol. The van der Waals surface area contributed by atoms with Crippen LogP contribution in [0.3, 0.4) is 0 Å². The van der Waals surface area contributed by atoms with Crippen LogP contribution in [0.25, 0.3) is 10.9 Å². The van der Waals surface area contributed by atoms with E-state index in [1.165, 1.54) is 19.2 Å². The first-order chi connectivity index (χ1) is 17.8. The number of carbonyl (C=O) groups excluding carboxylic acids is 1. The Hall–Kier alpha value is -3.04. The molecule has 1 aliphatic carbocycles. The Kier molecular flexibility index (Phi) is 6.51. The van der Waals surface area contributed by atoms with E-state index in [2.05, 4.69) is 20.3 Å². The van der Waals surface area contributed by atoms with Crippen LogP contribution in [0.4, 0.5) is 19.0 Å². The molecule has 1 aromatic carbocycles. The number of benzene rings is 1. The van der Waals surface area contributed by atoms with E-state index in [0.717, 1.165) is 6.07 Å². The Morgan fingerprint density at radius 1 is 1.18 bits per heavy atom. The van der Waals surface area contributed by atoms with Crippen LogP contribution in [-0.4, -0.2) is 61.9 Å². The van der Waals surface area contributed by atoms with Crippen molar-refractivity contribution in [1.82, 2.24) is 19.9 Å². The van der Waals surface area contributed by atoms with E-state index >= 15 is 0 Å². The summed E-state index contributed by atoms with van der Waals surface area (Å²) in [5.41, 5.74) is -0.392. The molecule has 1 aliphatic heterocycles. The van der Waals surface area contributed by atoms with Gasteiger partial charge in [0.1, 0.15) is 29.8 Å². The molecule has 2 aliphatic rings. The molecule has 1 saturated carbocycles. The summed E-state index contributed by atoms with van der Waals surface area (Å²) in [5.74, 6) is 0.570. The molecular weight excluding hydrogens is 518 g/mol. The highest BCUT2D eigenvalue weighted by atomic mass is 31.2. The van der Waals surface area contributed by atoms with Crippen molar-refractivity contribution in [3.8, 4) is 0 Å². The molecule has 0 spiro atoms. The van der Waals surface area contributed by atoms with Crippen LogP contribution in [-0.2, 0) is 15.5 Å². The summed E-state index contributed by atoms with van der Waals surface area (Å²) < 4.78 is 54.3. The van der Waals surface area contributed by atoms with E-state index < -0.39 is 30.5 Å². The number of anilines is 1. The molecule has 38 heavy (non-hydrogen) atoms. The van der Waals surface area contributed by atoms with Gasteiger partial charge in [0.15, 0.2) is 0 Å². The van der Waals surface area contributed by atoms with Gasteiger partial charge in [-0.05, 0) is 56.9 Å². The number of carbonyl (C=O) groups is 1. The highest BCUT2D eigenvalue weighted by Gasteiger charge is 2.51. The number of pyridine rings is 1. The van der Waals surface area contributed by atoms with Crippen molar-refractivity contribution in [2.75, 3.05) is 30.7 Å². The maximum atomic E-state index is 13.9. The largest absolute Gasteiger partial charge is 0.416 e. The molecule has 5 rings (SSSR count). The zero-order chi connectivity index (χ0) is 27.5. The topological polar surface area (TPSA) is 108 Å². The van der Waals surface area contributed by atoms with Gasteiger partial charge < -0.3 is 19.9 Å². The van der Waals surface area contributed by atoms with E-state index in [4.69, 9.17) is 0 Å². The summed E-state index contributed by atoms with van der Waals surface area (Å²) in [5, 5.41) is 13.9. The zero-order valence-corrected chi connectivity index (χ0v) is 22.2. The second-order valence-corrected chi connectivity index (χ2v) is 13.4. The lowest BCUT2D eigenvalue weighted by Gasteiger charge is -2.33. The molecule has 2 fully saturated rings. The van der Waals surface area contributed by atoms with Crippen LogP contribution in [0.15, 0.2) is 30.5 Å². The Labute approximate surface area is 218 Å². The number of aryl methyl sites for hydroxylation is 1. The van der Waals surface area contributed by atoms with Gasteiger partial charge in [0.05, 0.1) is 23.3 Å². The number of halogens is 3. The predicted molar refractivity (Wildman–Crippen MR) is 138 cm³/mol. The molecule has 3 heterocycles. The van der Waals surface area contributed by atoms with Crippen LogP contribution >= 0.6 is 7.14 Å². The Bertz CT molecular complexity index is 1460. The van der Waals surface area contributed by atoms with Gasteiger partial charge in [-0.25, -0.2) is 9.97 Å². The maximum absolute atomic E-state index is 13.9. The third kappa shape index (κ3) is 4.89. The fraction of sp³-hybridized carbons (Fsp3) is 0.462. The van der Waals surface area contributed by atoms with Crippen molar-refractivity contribution in [1.29, 1.82) is 0 Å². The molecule has 12 heteroatoms. The van der Waals surface area contributed by atoms with Gasteiger partial charge in [0, 0.05) is 30.8 Å². The Morgan fingerprint density at radius 3 is 2.50 bits per heavy atom. The number of amides is 1. The van der Waals surface area contributed by atoms with Crippen molar-refractivity contribution in [3.05, 3.63) is 53.0 Å². The van der Waals surface area contributed by atoms with Crippen LogP contribution in [0.2, 0.25) is 0 Å². The van der Waals surface area contributed by atoms with Gasteiger partial charge in [0.25, 0.3) is 5.91 Å². The van der Waals surface area contributed by atoms with Gasteiger partial charge in [-0.2, -0.15) is 13.2 Å². The zero-order valence-electron chi connectivity index (χ0n) is 21.3. The highest BCUT2D eigenvalue weighted by molar-refractivity contribution is 7.71. The lowest BCUT2D eigenvalue weighted by Crippen LogP contribution is -2.46. The molecule has 1 atom stereocenters. The van der Waals surface area contributed by atoms with E-state index in [1.54, 1.807) is 30.9 Å². The fourth-order valence-corrected chi connectivity index (χ4v) is 7.47. The van der Waals surface area contributed by atoms with Crippen LogP contribution in [0.1, 0.15) is 48.3 Å². The number of alkyl halides is 3. The number of hydrogen-bond donors (Lipinski definition) is 2. The Balaban J connectivity index is 1.43. The van der Waals surface area contributed by atoms with Crippen LogP contribution < -0.4 is 10.8 Å². The number of nitrogens with one attached hydrogen (secondary N) is 1. The first-order valence-corrected chi connectivity index (χ1v) is 14.6. The van der Waals surface area contributed by atoms with Crippen molar-refractivity contribution in [3.63, 3.8) is 0 Å². The van der Waals surface area contributed by atoms with E-state index in [0.29, 0.717) is 46.4 Å². The number of nitrogens with zero attached hydrogens (tertiary/aromatic N) is 4. The molecule has 8 nitrogen and oxygen atoms in total. The van der Waals surface area contributed by atoms with E-state index in [9.17, 15) is 27.6 Å². The first kappa shape index (κ1) is 26.6. The molecule has 0 bridgehead atoms. The molecule has 1 saturated heterocycles. The Morgan fingerprint density at radius 2 is 1.87 bits per heavy atom. The molecule has 0 radical (unpaired) electrons. The quantitative estimate of drug-likeness (QED) is 0.461. The van der Waals surface area contributed by atoms with E-state index in [1.807, 2.05) is 0 Å². The first-order valence-electron chi connectivity index (χ1n) is 12.5. The summed E-state index contributed by atoms with van der Waals surface area (Å²) in [6, 6.07) is 5.28. The lowest BCUT2D eigenvalue weighted by molar-refractivity contribution is -0.142. The number of hydrogen-bond acceptors (Lipinski definition) is 7. The van der Waals surface area contributed by atoms with Crippen LogP contribution in [0, 0.1) is 13.8 Å². The SMILES string of the molecule is Cc1nc(N[C@H](C)c2cccc(C(F)(F)F)c2C)c2cc(P3(=O)CCN(C(=O)C4(O)CC4)CC3)ncc2n1. The average molecular weight is 548 g/mol. The third-order valence-corrected chi connectivity index (χ3v) is 10.4.